The molecule has 0 spiro atoms. The van der Waals surface area contributed by atoms with E-state index in [1.54, 1.807) is 44.4 Å². The van der Waals surface area contributed by atoms with E-state index in [0.717, 1.165) is 5.56 Å². The summed E-state index contributed by atoms with van der Waals surface area (Å²) in [6.45, 7) is 1.95. The SMILES string of the molecule is CCOC(C(=O)NCc1ccc(C(=N)N)cc1OCC(=O)NC)N1Cc2cc(OC)ccc2C1=O. The zero-order chi connectivity index (χ0) is 25.5. The smallest absolute Gasteiger partial charge is 0.270 e. The largest absolute Gasteiger partial charge is 0.497 e. The maximum absolute atomic E-state index is 13.1. The van der Waals surface area contributed by atoms with Crippen LogP contribution in [0.15, 0.2) is 36.4 Å². The van der Waals surface area contributed by atoms with Gasteiger partial charge in [0.25, 0.3) is 17.7 Å². The second-order valence-corrected chi connectivity index (χ2v) is 7.68. The van der Waals surface area contributed by atoms with E-state index in [-0.39, 0.29) is 44.0 Å². The van der Waals surface area contributed by atoms with Gasteiger partial charge >= 0.3 is 0 Å². The Kier molecular flexibility index (Phi) is 8.26. The molecule has 1 atom stereocenters. The van der Waals surface area contributed by atoms with Crippen LogP contribution in [0.1, 0.15) is 34.0 Å². The summed E-state index contributed by atoms with van der Waals surface area (Å²) in [6.07, 6.45) is -1.14. The molecular formula is C24H29N5O6. The van der Waals surface area contributed by atoms with E-state index in [4.69, 9.17) is 25.4 Å². The van der Waals surface area contributed by atoms with Crippen molar-refractivity contribution in [3.05, 3.63) is 58.7 Å². The molecule has 11 nitrogen and oxygen atoms in total. The third-order valence-electron chi connectivity index (χ3n) is 5.45. The molecule has 1 aliphatic rings. The van der Waals surface area contributed by atoms with Crippen LogP contribution in [0.5, 0.6) is 11.5 Å². The van der Waals surface area contributed by atoms with Crippen molar-refractivity contribution in [3.8, 4) is 11.5 Å². The number of methoxy groups -OCH3 is 1. The predicted molar refractivity (Wildman–Crippen MR) is 127 cm³/mol. The highest BCUT2D eigenvalue weighted by molar-refractivity contribution is 6.01. The molecule has 3 rings (SSSR count). The Labute approximate surface area is 203 Å². The molecule has 11 heteroatoms. The molecule has 0 saturated carbocycles. The number of benzene rings is 2. The van der Waals surface area contributed by atoms with Gasteiger partial charge in [0.1, 0.15) is 17.3 Å². The van der Waals surface area contributed by atoms with Crippen LogP contribution in [0.3, 0.4) is 0 Å². The Balaban J connectivity index is 1.75. The summed E-state index contributed by atoms with van der Waals surface area (Å²) < 4.78 is 16.5. The average Bonchev–Trinajstić information content (AvgIpc) is 3.19. The van der Waals surface area contributed by atoms with Crippen LogP contribution in [-0.4, -0.2) is 62.1 Å². The first-order valence-electron chi connectivity index (χ1n) is 11.0. The van der Waals surface area contributed by atoms with E-state index in [2.05, 4.69) is 10.6 Å². The number of carbonyl (C=O) groups is 3. The number of fused-ring (bicyclic) bond motifs is 1. The van der Waals surface area contributed by atoms with Gasteiger partial charge in [0.2, 0.25) is 6.23 Å². The lowest BCUT2D eigenvalue weighted by molar-refractivity contribution is -0.143. The number of amidine groups is 1. The summed E-state index contributed by atoms with van der Waals surface area (Å²) in [5.74, 6) is -0.399. The van der Waals surface area contributed by atoms with Crippen molar-refractivity contribution in [1.29, 1.82) is 5.41 Å². The fourth-order valence-corrected chi connectivity index (χ4v) is 3.59. The molecule has 0 saturated heterocycles. The van der Waals surface area contributed by atoms with Crippen molar-refractivity contribution in [2.24, 2.45) is 5.73 Å². The number of rotatable bonds is 11. The third kappa shape index (κ3) is 5.87. The van der Waals surface area contributed by atoms with Gasteiger partial charge in [-0.3, -0.25) is 19.8 Å². The molecule has 1 aliphatic heterocycles. The number of carbonyl (C=O) groups excluding carboxylic acids is 3. The third-order valence-corrected chi connectivity index (χ3v) is 5.45. The van der Waals surface area contributed by atoms with Crippen LogP contribution in [0.2, 0.25) is 0 Å². The number of nitrogens with zero attached hydrogens (tertiary/aromatic N) is 1. The van der Waals surface area contributed by atoms with Gasteiger partial charge in [-0.1, -0.05) is 12.1 Å². The second kappa shape index (κ2) is 11.3. The van der Waals surface area contributed by atoms with E-state index >= 15 is 0 Å². The summed E-state index contributed by atoms with van der Waals surface area (Å²) >= 11 is 0. The Morgan fingerprint density at radius 2 is 2.00 bits per heavy atom. The van der Waals surface area contributed by atoms with Gasteiger partial charge in [0.15, 0.2) is 6.61 Å². The zero-order valence-corrected chi connectivity index (χ0v) is 19.8. The lowest BCUT2D eigenvalue weighted by atomic mass is 10.1. The molecule has 35 heavy (non-hydrogen) atoms. The van der Waals surface area contributed by atoms with Gasteiger partial charge < -0.3 is 35.5 Å². The van der Waals surface area contributed by atoms with Crippen LogP contribution in [0.4, 0.5) is 0 Å². The number of nitrogens with two attached hydrogens (primary N) is 1. The predicted octanol–water partition coefficient (Wildman–Crippen LogP) is 0.739. The van der Waals surface area contributed by atoms with Gasteiger partial charge in [-0.25, -0.2) is 0 Å². The summed E-state index contributed by atoms with van der Waals surface area (Å²) in [6, 6.07) is 9.92. The fourth-order valence-electron chi connectivity index (χ4n) is 3.59. The first-order chi connectivity index (χ1) is 16.8. The zero-order valence-electron chi connectivity index (χ0n) is 19.8. The van der Waals surface area contributed by atoms with Gasteiger partial charge in [0, 0.05) is 43.4 Å². The Hall–Kier alpha value is -4.12. The Bertz CT molecular complexity index is 1140. The van der Waals surface area contributed by atoms with Crippen LogP contribution >= 0.6 is 0 Å². The summed E-state index contributed by atoms with van der Waals surface area (Å²) in [5, 5.41) is 12.9. The van der Waals surface area contributed by atoms with Crippen molar-refractivity contribution in [2.45, 2.75) is 26.2 Å². The van der Waals surface area contributed by atoms with Crippen molar-refractivity contribution >= 4 is 23.6 Å². The van der Waals surface area contributed by atoms with Gasteiger partial charge in [-0.2, -0.15) is 0 Å². The second-order valence-electron chi connectivity index (χ2n) is 7.68. The molecule has 1 unspecified atom stereocenters. The molecule has 0 aromatic heterocycles. The maximum atomic E-state index is 13.1. The minimum atomic E-state index is -1.14. The molecule has 0 fully saturated rings. The maximum Gasteiger partial charge on any atom is 0.270 e. The molecule has 1 heterocycles. The number of nitrogen functional groups attached to an aromatic ring is 1. The molecule has 2 aromatic rings. The monoisotopic (exact) mass is 483 g/mol. The lowest BCUT2D eigenvalue weighted by Crippen LogP contribution is -2.48. The van der Waals surface area contributed by atoms with E-state index in [1.807, 2.05) is 0 Å². The molecule has 0 bridgehead atoms. The highest BCUT2D eigenvalue weighted by Gasteiger charge is 2.37. The van der Waals surface area contributed by atoms with E-state index in [9.17, 15) is 14.4 Å². The Morgan fingerprint density at radius 3 is 2.66 bits per heavy atom. The van der Waals surface area contributed by atoms with Crippen LogP contribution in [0.25, 0.3) is 0 Å². The first-order valence-corrected chi connectivity index (χ1v) is 11.0. The standard InChI is InChI=1S/C24H29N5O6/c1-4-34-24(29-12-16-9-17(33-3)7-8-18(16)23(29)32)22(31)28-11-15-6-5-14(21(25)26)10-19(15)35-13-20(30)27-2/h5-10,24H,4,11-13H2,1-3H3,(H3,25,26)(H,27,30)(H,28,31). The van der Waals surface area contributed by atoms with Crippen molar-refractivity contribution in [3.63, 3.8) is 0 Å². The number of nitrogens with one attached hydrogen (secondary N) is 3. The number of ether oxygens (including phenoxy) is 3. The molecule has 0 aliphatic carbocycles. The minimum Gasteiger partial charge on any atom is -0.497 e. The summed E-state index contributed by atoms with van der Waals surface area (Å²) in [5.41, 5.74) is 7.78. The van der Waals surface area contributed by atoms with Gasteiger partial charge in [-0.05, 0) is 36.8 Å². The van der Waals surface area contributed by atoms with E-state index < -0.39 is 12.1 Å². The molecule has 2 aromatic carbocycles. The minimum absolute atomic E-state index is 0.0342. The average molecular weight is 484 g/mol. The van der Waals surface area contributed by atoms with Gasteiger partial charge in [-0.15, -0.1) is 0 Å². The van der Waals surface area contributed by atoms with Crippen LogP contribution in [0, 0.1) is 5.41 Å². The number of likely N-dealkylation sites (N-methyl/N-ethyl adjacent to an activating group) is 1. The van der Waals surface area contributed by atoms with Crippen molar-refractivity contribution < 1.29 is 28.6 Å². The van der Waals surface area contributed by atoms with E-state index in [0.29, 0.717) is 28.2 Å². The molecule has 3 amide bonds. The highest BCUT2D eigenvalue weighted by atomic mass is 16.5. The number of amides is 3. The lowest BCUT2D eigenvalue weighted by Gasteiger charge is -2.26. The first kappa shape index (κ1) is 25.5. The van der Waals surface area contributed by atoms with Crippen molar-refractivity contribution in [2.75, 3.05) is 27.4 Å². The number of hydrogen-bond acceptors (Lipinski definition) is 7. The molecule has 186 valence electrons. The molecule has 5 N–H and O–H groups in total. The summed E-state index contributed by atoms with van der Waals surface area (Å²) in [4.78, 5) is 39.0. The van der Waals surface area contributed by atoms with Crippen molar-refractivity contribution in [1.82, 2.24) is 15.5 Å². The molecular weight excluding hydrogens is 454 g/mol. The van der Waals surface area contributed by atoms with E-state index in [1.165, 1.54) is 18.0 Å². The Morgan fingerprint density at radius 1 is 1.23 bits per heavy atom. The van der Waals surface area contributed by atoms with Crippen LogP contribution in [-0.2, 0) is 27.4 Å². The molecule has 0 radical (unpaired) electrons. The quantitative estimate of drug-likeness (QED) is 0.271. The van der Waals surface area contributed by atoms with Crippen LogP contribution < -0.4 is 25.8 Å². The highest BCUT2D eigenvalue weighted by Crippen LogP contribution is 2.29. The van der Waals surface area contributed by atoms with Gasteiger partial charge in [0.05, 0.1) is 7.11 Å². The normalized spacial score (nSPS) is 13.1. The topological polar surface area (TPSA) is 156 Å². The number of hydrogen-bond donors (Lipinski definition) is 4. The summed E-state index contributed by atoms with van der Waals surface area (Å²) in [7, 11) is 3.03. The fraction of sp³-hybridized carbons (Fsp3) is 0.333.